The highest BCUT2D eigenvalue weighted by Gasteiger charge is 2.56. The fourth-order valence-corrected chi connectivity index (χ4v) is 7.85. The molecular weight excluding hydrogens is 579 g/mol. The van der Waals surface area contributed by atoms with Gasteiger partial charge in [0.1, 0.15) is 0 Å². The maximum atomic E-state index is 6.60. The van der Waals surface area contributed by atoms with Gasteiger partial charge in [0.25, 0.3) is 0 Å². The lowest BCUT2D eigenvalue weighted by Crippen LogP contribution is -2.47. The van der Waals surface area contributed by atoms with Crippen molar-refractivity contribution in [2.24, 2.45) is 0 Å². The van der Waals surface area contributed by atoms with E-state index in [0.717, 1.165) is 11.8 Å². The Morgan fingerprint density at radius 1 is 0.630 bits per heavy atom. The Hall–Kier alpha value is 1.69. The second-order valence-electron chi connectivity index (χ2n) is 5.40. The van der Waals surface area contributed by atoms with Gasteiger partial charge in [-0.1, -0.05) is 105 Å². The van der Waals surface area contributed by atoms with E-state index in [1.165, 1.54) is 12.2 Å². The number of allylic oxidation sites excluding steroid dienone is 6. The Bertz CT molecular complexity index is 770. The molecule has 0 nitrogen and oxygen atoms in total. The molecule has 148 valence electrons. The maximum Gasteiger partial charge on any atom is 0.0940 e. The van der Waals surface area contributed by atoms with Gasteiger partial charge in [-0.25, -0.2) is 0 Å². The molecule has 0 fully saturated rings. The van der Waals surface area contributed by atoms with Crippen molar-refractivity contribution in [1.29, 1.82) is 0 Å². The summed E-state index contributed by atoms with van der Waals surface area (Å²) in [7, 11) is 0. The highest BCUT2D eigenvalue weighted by atomic mass is 35.5. The monoisotopic (exact) mass is 582 g/mol. The van der Waals surface area contributed by atoms with Crippen LogP contribution in [0.2, 0.25) is 0 Å². The first kappa shape index (κ1) is 25.0. The molecule has 0 radical (unpaired) electrons. The van der Waals surface area contributed by atoms with Crippen molar-refractivity contribution < 1.29 is 0 Å². The number of rotatable bonds is 4. The van der Waals surface area contributed by atoms with Crippen LogP contribution in [0.25, 0.3) is 0 Å². The Morgan fingerprint density at radius 3 is 1.19 bits per heavy atom. The van der Waals surface area contributed by atoms with Gasteiger partial charge in [0.15, 0.2) is 0 Å². The van der Waals surface area contributed by atoms with Crippen LogP contribution in [0.5, 0.6) is 0 Å². The molecule has 4 atom stereocenters. The van der Waals surface area contributed by atoms with Gasteiger partial charge in [-0.15, -0.1) is 48.1 Å². The lowest BCUT2D eigenvalue weighted by molar-refractivity contribution is 0.801. The van der Waals surface area contributed by atoms with Gasteiger partial charge in [0, 0.05) is 0 Å². The molecule has 0 N–H and O–H groups in total. The Balaban J connectivity index is 2.75. The SMILES string of the molecule is C=CC1(SC2(C=C)C(Cl)=C(Cl)C(Cl)=C(Cl)C2Cl)C(Cl)=C(Cl)C(Cl)=C(Cl)C1Cl. The zero-order valence-corrected chi connectivity index (χ0v) is 21.3. The molecule has 0 heterocycles. The summed E-state index contributed by atoms with van der Waals surface area (Å²) in [6.45, 7) is 7.68. The minimum Gasteiger partial charge on any atom is -0.124 e. The zero-order valence-electron chi connectivity index (χ0n) is 12.9. The predicted octanol–water partition coefficient (Wildman–Crippen LogP) is 9.57. The molecule has 0 amide bonds. The standard InChI is InChI=1S/C16H8Cl10S/c1-3-15(11(23)7(19)5(17)8(20)12(15)24)27-16(4-2)13(25)9(21)6(18)10(22)14(16)26/h3-4,11,13H,1-2H2. The molecule has 2 rings (SSSR count). The lowest BCUT2D eigenvalue weighted by atomic mass is 9.97. The minimum absolute atomic E-state index is 0.0275. The number of hydrogen-bond acceptors (Lipinski definition) is 1. The third kappa shape index (κ3) is 3.76. The quantitative estimate of drug-likeness (QED) is 0.233. The molecule has 0 spiro atoms. The molecule has 0 saturated heterocycles. The fraction of sp³-hybridized carbons (Fsp3) is 0.250. The minimum atomic E-state index is -1.27. The van der Waals surface area contributed by atoms with E-state index in [1.54, 1.807) is 0 Å². The van der Waals surface area contributed by atoms with E-state index in [9.17, 15) is 0 Å². The van der Waals surface area contributed by atoms with Gasteiger partial charge < -0.3 is 0 Å². The first-order chi connectivity index (χ1) is 12.4. The van der Waals surface area contributed by atoms with Crippen LogP contribution in [0.1, 0.15) is 0 Å². The van der Waals surface area contributed by atoms with Crippen LogP contribution in [0.15, 0.2) is 65.6 Å². The number of alkyl halides is 2. The lowest BCUT2D eigenvalue weighted by Gasteiger charge is -2.47. The molecule has 0 aromatic rings. The fourth-order valence-electron chi connectivity index (χ4n) is 2.51. The third-order valence-corrected chi connectivity index (χ3v) is 11.7. The Labute approximate surface area is 211 Å². The normalized spacial score (nSPS) is 35.2. The van der Waals surface area contributed by atoms with Crippen LogP contribution < -0.4 is 0 Å². The Morgan fingerprint density at radius 2 is 0.926 bits per heavy atom. The zero-order chi connectivity index (χ0) is 20.9. The van der Waals surface area contributed by atoms with Crippen LogP contribution >= 0.6 is 128 Å². The van der Waals surface area contributed by atoms with Crippen molar-refractivity contribution >= 4 is 128 Å². The molecule has 2 aliphatic carbocycles. The van der Waals surface area contributed by atoms with E-state index in [-0.39, 0.29) is 40.3 Å². The molecule has 0 saturated carbocycles. The molecule has 0 bridgehead atoms. The van der Waals surface area contributed by atoms with Crippen LogP contribution in [-0.2, 0) is 0 Å². The van der Waals surface area contributed by atoms with E-state index < -0.39 is 20.2 Å². The van der Waals surface area contributed by atoms with E-state index in [4.69, 9.17) is 116 Å². The van der Waals surface area contributed by atoms with Crippen molar-refractivity contribution in [3.63, 3.8) is 0 Å². The first-order valence-electron chi connectivity index (χ1n) is 6.91. The summed E-state index contributed by atoms with van der Waals surface area (Å²) in [5.41, 5.74) is 0. The van der Waals surface area contributed by atoms with Crippen molar-refractivity contribution in [1.82, 2.24) is 0 Å². The molecule has 4 unspecified atom stereocenters. The van der Waals surface area contributed by atoms with Crippen LogP contribution in [0, 0.1) is 0 Å². The third-order valence-electron chi connectivity index (χ3n) is 4.02. The highest BCUT2D eigenvalue weighted by molar-refractivity contribution is 8.03. The predicted molar refractivity (Wildman–Crippen MR) is 128 cm³/mol. The van der Waals surface area contributed by atoms with Crippen LogP contribution in [0.4, 0.5) is 0 Å². The second-order valence-corrected chi connectivity index (χ2v) is 10.9. The summed E-state index contributed by atoms with van der Waals surface area (Å²) >= 11 is 64.7. The van der Waals surface area contributed by atoms with Crippen molar-refractivity contribution in [3.8, 4) is 0 Å². The van der Waals surface area contributed by atoms with E-state index >= 15 is 0 Å². The Kier molecular flexibility index (Phi) is 8.36. The summed E-state index contributed by atoms with van der Waals surface area (Å²) in [4.78, 5) is 0. The topological polar surface area (TPSA) is 0 Å². The van der Waals surface area contributed by atoms with Crippen LogP contribution in [0.3, 0.4) is 0 Å². The summed E-state index contributed by atoms with van der Waals surface area (Å²) < 4.78 is -2.54. The smallest absolute Gasteiger partial charge is 0.0940 e. The average molecular weight is 587 g/mol. The molecule has 0 aromatic carbocycles. The molecular formula is C16H8Cl10S. The van der Waals surface area contributed by atoms with Crippen molar-refractivity contribution in [2.45, 2.75) is 20.2 Å². The van der Waals surface area contributed by atoms with Crippen molar-refractivity contribution in [2.75, 3.05) is 0 Å². The molecule has 0 aliphatic heterocycles. The number of hydrogen-bond donors (Lipinski definition) is 0. The van der Waals surface area contributed by atoms with E-state index in [0.29, 0.717) is 0 Å². The van der Waals surface area contributed by atoms with Gasteiger partial charge in [-0.2, -0.15) is 0 Å². The maximum absolute atomic E-state index is 6.60. The van der Waals surface area contributed by atoms with Gasteiger partial charge in [0.05, 0.1) is 60.5 Å². The summed E-state index contributed by atoms with van der Waals surface area (Å²) in [6, 6.07) is 0. The van der Waals surface area contributed by atoms with Gasteiger partial charge >= 0.3 is 0 Å². The molecule has 27 heavy (non-hydrogen) atoms. The second kappa shape index (κ2) is 9.05. The molecule has 2 aliphatic rings. The number of halogens is 10. The van der Waals surface area contributed by atoms with Gasteiger partial charge in [-0.3, -0.25) is 0 Å². The van der Waals surface area contributed by atoms with E-state index in [1.807, 2.05) is 0 Å². The van der Waals surface area contributed by atoms with Gasteiger partial charge in [-0.05, 0) is 0 Å². The number of thioether (sulfide) groups is 1. The van der Waals surface area contributed by atoms with Gasteiger partial charge in [0.2, 0.25) is 0 Å². The molecule has 0 aromatic heterocycles. The summed E-state index contributed by atoms with van der Waals surface area (Å²) in [6.07, 6.45) is 2.96. The first-order valence-corrected chi connectivity index (χ1v) is 11.6. The largest absolute Gasteiger partial charge is 0.124 e. The van der Waals surface area contributed by atoms with Crippen molar-refractivity contribution in [3.05, 3.63) is 65.6 Å². The van der Waals surface area contributed by atoms with Crippen LogP contribution in [-0.4, -0.2) is 20.2 Å². The van der Waals surface area contributed by atoms with E-state index in [2.05, 4.69) is 13.2 Å². The average Bonchev–Trinajstić information content (AvgIpc) is 2.68. The highest BCUT2D eigenvalue weighted by Crippen LogP contribution is 2.62. The summed E-state index contributed by atoms with van der Waals surface area (Å²) in [5, 5.41) is -1.36. The molecule has 11 heteroatoms. The summed E-state index contributed by atoms with van der Waals surface area (Å²) in [5.74, 6) is 0.